The number of morpholine rings is 1. The molecule has 1 fully saturated rings. The average Bonchev–Trinajstić information content (AvgIpc) is 3.00. The first kappa shape index (κ1) is 15.5. The maximum atomic E-state index is 12.7. The fraction of sp³-hybridized carbons (Fsp3) is 0.438. The van der Waals surface area contributed by atoms with Crippen molar-refractivity contribution in [3.8, 4) is 0 Å². The van der Waals surface area contributed by atoms with E-state index in [9.17, 15) is 4.79 Å². The molecule has 0 spiro atoms. The summed E-state index contributed by atoms with van der Waals surface area (Å²) in [6.45, 7) is 1.55. The molecule has 23 heavy (non-hydrogen) atoms. The van der Waals surface area contributed by atoms with Crippen molar-refractivity contribution in [2.45, 2.75) is 6.10 Å². The Bertz CT molecular complexity index is 697. The standard InChI is InChI=1S/C16H21N5O2/c1-19(2)15-14(17-6-7-18-15)13-11-21(9-10-23-13)16(22)12-5-4-8-20(12)3/h4-8,13H,9-11H2,1-3H3/t13-/m0/s1. The third kappa shape index (κ3) is 3.05. The van der Waals surface area contributed by atoms with Crippen LogP contribution in [0.25, 0.3) is 0 Å². The monoisotopic (exact) mass is 315 g/mol. The molecular formula is C16H21N5O2. The van der Waals surface area contributed by atoms with Gasteiger partial charge in [0.15, 0.2) is 5.82 Å². The quantitative estimate of drug-likeness (QED) is 0.848. The molecule has 122 valence electrons. The summed E-state index contributed by atoms with van der Waals surface area (Å²) in [5.74, 6) is 0.784. The molecule has 1 amide bonds. The second-order valence-electron chi connectivity index (χ2n) is 5.77. The maximum absolute atomic E-state index is 12.7. The molecule has 0 bridgehead atoms. The third-order valence-electron chi connectivity index (χ3n) is 3.95. The SMILES string of the molecule is CN(C)c1nccnc1[C@@H]1CN(C(=O)c2cccn2C)CCO1. The van der Waals surface area contributed by atoms with Crippen LogP contribution < -0.4 is 4.90 Å². The van der Waals surface area contributed by atoms with E-state index in [1.54, 1.807) is 12.4 Å². The molecule has 3 heterocycles. The minimum absolute atomic E-state index is 0.0149. The van der Waals surface area contributed by atoms with Crippen molar-refractivity contribution in [1.82, 2.24) is 19.4 Å². The predicted octanol–water partition coefficient (Wildman–Crippen LogP) is 1.09. The lowest BCUT2D eigenvalue weighted by Crippen LogP contribution is -2.43. The number of carbonyl (C=O) groups excluding carboxylic acids is 1. The van der Waals surface area contributed by atoms with Crippen molar-refractivity contribution >= 4 is 11.7 Å². The average molecular weight is 315 g/mol. The highest BCUT2D eigenvalue weighted by molar-refractivity contribution is 5.92. The molecule has 0 unspecified atom stereocenters. The number of aryl methyl sites for hydroxylation is 1. The van der Waals surface area contributed by atoms with Crippen LogP contribution in [0.2, 0.25) is 0 Å². The number of rotatable bonds is 3. The van der Waals surface area contributed by atoms with E-state index >= 15 is 0 Å². The Kier molecular flexibility index (Phi) is 4.29. The van der Waals surface area contributed by atoms with Crippen LogP contribution >= 0.6 is 0 Å². The number of amides is 1. The van der Waals surface area contributed by atoms with Crippen molar-refractivity contribution in [3.05, 3.63) is 42.1 Å². The van der Waals surface area contributed by atoms with Gasteiger partial charge in [0.25, 0.3) is 5.91 Å². The Morgan fingerprint density at radius 3 is 2.83 bits per heavy atom. The van der Waals surface area contributed by atoms with Gasteiger partial charge < -0.3 is 19.1 Å². The van der Waals surface area contributed by atoms with Gasteiger partial charge in [0.05, 0.1) is 13.2 Å². The van der Waals surface area contributed by atoms with Crippen LogP contribution in [-0.2, 0) is 11.8 Å². The van der Waals surface area contributed by atoms with Crippen LogP contribution in [0.3, 0.4) is 0 Å². The summed E-state index contributed by atoms with van der Waals surface area (Å²) in [5, 5.41) is 0. The van der Waals surface area contributed by atoms with Gasteiger partial charge in [-0.3, -0.25) is 9.78 Å². The van der Waals surface area contributed by atoms with Crippen LogP contribution in [-0.4, -0.2) is 59.1 Å². The van der Waals surface area contributed by atoms with Gasteiger partial charge in [0.2, 0.25) is 0 Å². The minimum atomic E-state index is -0.265. The van der Waals surface area contributed by atoms with Gasteiger partial charge in [-0.25, -0.2) is 4.98 Å². The van der Waals surface area contributed by atoms with E-state index in [4.69, 9.17) is 4.74 Å². The van der Waals surface area contributed by atoms with Crippen molar-refractivity contribution in [3.63, 3.8) is 0 Å². The van der Waals surface area contributed by atoms with Gasteiger partial charge in [0.1, 0.15) is 17.5 Å². The molecular weight excluding hydrogens is 294 g/mol. The first-order chi connectivity index (χ1) is 11.1. The largest absolute Gasteiger partial charge is 0.368 e. The molecule has 2 aromatic rings. The van der Waals surface area contributed by atoms with Crippen molar-refractivity contribution < 1.29 is 9.53 Å². The van der Waals surface area contributed by atoms with Gasteiger partial charge >= 0.3 is 0 Å². The van der Waals surface area contributed by atoms with Crippen molar-refractivity contribution in [2.24, 2.45) is 7.05 Å². The third-order valence-corrected chi connectivity index (χ3v) is 3.95. The molecule has 1 aliphatic heterocycles. The summed E-state index contributed by atoms with van der Waals surface area (Å²) in [5.41, 5.74) is 1.44. The molecule has 0 aliphatic carbocycles. The number of anilines is 1. The number of aromatic nitrogens is 3. The lowest BCUT2D eigenvalue weighted by Gasteiger charge is -2.33. The minimum Gasteiger partial charge on any atom is -0.368 e. The molecule has 0 aromatic carbocycles. The van der Waals surface area contributed by atoms with Gasteiger partial charge in [-0.1, -0.05) is 0 Å². The molecule has 1 aliphatic rings. The topological polar surface area (TPSA) is 63.5 Å². The molecule has 2 aromatic heterocycles. The fourth-order valence-corrected chi connectivity index (χ4v) is 2.76. The molecule has 1 atom stereocenters. The smallest absolute Gasteiger partial charge is 0.270 e. The van der Waals surface area contributed by atoms with Gasteiger partial charge in [-0.2, -0.15) is 0 Å². The zero-order valence-corrected chi connectivity index (χ0v) is 13.6. The van der Waals surface area contributed by atoms with Crippen LogP contribution in [0.4, 0.5) is 5.82 Å². The van der Waals surface area contributed by atoms with Crippen LogP contribution in [0, 0.1) is 0 Å². The summed E-state index contributed by atoms with van der Waals surface area (Å²) >= 11 is 0. The molecule has 0 N–H and O–H groups in total. The maximum Gasteiger partial charge on any atom is 0.270 e. The number of carbonyl (C=O) groups is 1. The van der Waals surface area contributed by atoms with E-state index < -0.39 is 0 Å². The Balaban J connectivity index is 1.82. The summed E-state index contributed by atoms with van der Waals surface area (Å²) in [6.07, 6.45) is 4.93. The van der Waals surface area contributed by atoms with Crippen LogP contribution in [0.15, 0.2) is 30.7 Å². The summed E-state index contributed by atoms with van der Waals surface area (Å²) < 4.78 is 7.69. The van der Waals surface area contributed by atoms with E-state index in [1.165, 1.54) is 0 Å². The first-order valence-corrected chi connectivity index (χ1v) is 7.58. The zero-order valence-electron chi connectivity index (χ0n) is 13.6. The molecule has 7 heteroatoms. The highest BCUT2D eigenvalue weighted by Crippen LogP contribution is 2.27. The van der Waals surface area contributed by atoms with Crippen LogP contribution in [0.1, 0.15) is 22.3 Å². The Hall–Kier alpha value is -2.41. The van der Waals surface area contributed by atoms with Crippen molar-refractivity contribution in [2.75, 3.05) is 38.7 Å². The Morgan fingerprint density at radius 2 is 2.13 bits per heavy atom. The lowest BCUT2D eigenvalue weighted by atomic mass is 10.1. The second kappa shape index (κ2) is 6.37. The van der Waals surface area contributed by atoms with Gasteiger partial charge in [-0.05, 0) is 12.1 Å². The molecule has 0 saturated carbocycles. The summed E-state index contributed by atoms with van der Waals surface area (Å²) in [6, 6.07) is 3.71. The number of nitrogens with zero attached hydrogens (tertiary/aromatic N) is 5. The van der Waals surface area contributed by atoms with Gasteiger partial charge in [-0.15, -0.1) is 0 Å². The van der Waals surface area contributed by atoms with E-state index in [-0.39, 0.29) is 12.0 Å². The highest BCUT2D eigenvalue weighted by Gasteiger charge is 2.30. The number of hydrogen-bond donors (Lipinski definition) is 0. The Morgan fingerprint density at radius 1 is 1.35 bits per heavy atom. The van der Waals surface area contributed by atoms with E-state index in [2.05, 4.69) is 9.97 Å². The van der Waals surface area contributed by atoms with Crippen molar-refractivity contribution in [1.29, 1.82) is 0 Å². The second-order valence-corrected chi connectivity index (χ2v) is 5.77. The summed E-state index contributed by atoms with van der Waals surface area (Å²) in [7, 11) is 5.71. The normalized spacial score (nSPS) is 18.0. The molecule has 0 radical (unpaired) electrons. The van der Waals surface area contributed by atoms with Gasteiger partial charge in [0, 0.05) is 46.3 Å². The van der Waals surface area contributed by atoms with E-state index in [0.717, 1.165) is 11.5 Å². The molecule has 7 nitrogen and oxygen atoms in total. The van der Waals surface area contributed by atoms with E-state index in [1.807, 2.05) is 53.8 Å². The number of ether oxygens (including phenoxy) is 1. The fourth-order valence-electron chi connectivity index (χ4n) is 2.76. The van der Waals surface area contributed by atoms with E-state index in [0.29, 0.717) is 25.4 Å². The molecule has 3 rings (SSSR count). The predicted molar refractivity (Wildman–Crippen MR) is 86.4 cm³/mol. The molecule has 1 saturated heterocycles. The first-order valence-electron chi connectivity index (χ1n) is 7.58. The van der Waals surface area contributed by atoms with Crippen LogP contribution in [0.5, 0.6) is 0 Å². The lowest BCUT2D eigenvalue weighted by molar-refractivity contribution is -0.0249. The highest BCUT2D eigenvalue weighted by atomic mass is 16.5. The zero-order chi connectivity index (χ0) is 16.4. The Labute approximate surface area is 135 Å². The number of hydrogen-bond acceptors (Lipinski definition) is 5. The summed E-state index contributed by atoms with van der Waals surface area (Å²) in [4.78, 5) is 25.2.